The number of rotatable bonds is 5. The van der Waals surface area contributed by atoms with E-state index < -0.39 is 11.6 Å². The molecule has 4 aromatic rings. The molecule has 10 heteroatoms. The van der Waals surface area contributed by atoms with Crippen molar-refractivity contribution in [3.05, 3.63) is 76.8 Å². The normalized spacial score (nSPS) is 11.0. The summed E-state index contributed by atoms with van der Waals surface area (Å²) >= 11 is 11.2. The van der Waals surface area contributed by atoms with E-state index in [1.807, 2.05) is 13.8 Å². The Morgan fingerprint density at radius 2 is 1.79 bits per heavy atom. The number of fused-ring (bicyclic) bond motifs is 1. The Labute approximate surface area is 203 Å². The van der Waals surface area contributed by atoms with Crippen molar-refractivity contribution in [3.63, 3.8) is 0 Å². The van der Waals surface area contributed by atoms with Crippen LogP contribution >= 0.6 is 23.8 Å². The van der Waals surface area contributed by atoms with Crippen molar-refractivity contribution < 1.29 is 22.7 Å². The molecule has 174 valence electrons. The Balaban J connectivity index is 1.45. The Morgan fingerprint density at radius 1 is 1.09 bits per heavy atom. The third-order valence-electron chi connectivity index (χ3n) is 4.60. The lowest BCUT2D eigenvalue weighted by Crippen LogP contribution is -2.34. The van der Waals surface area contributed by atoms with Crippen LogP contribution in [0.2, 0.25) is 5.02 Å². The summed E-state index contributed by atoms with van der Waals surface area (Å²) in [7, 11) is 0. The monoisotopic (exact) mass is 501 g/mol. The van der Waals surface area contributed by atoms with Crippen molar-refractivity contribution in [3.8, 4) is 17.2 Å². The van der Waals surface area contributed by atoms with E-state index in [0.29, 0.717) is 28.1 Å². The largest absolute Gasteiger partial charge is 0.491 e. The van der Waals surface area contributed by atoms with E-state index in [1.54, 1.807) is 42.5 Å². The second-order valence-corrected chi connectivity index (χ2v) is 8.36. The zero-order chi connectivity index (χ0) is 24.4. The van der Waals surface area contributed by atoms with Crippen molar-refractivity contribution in [2.24, 2.45) is 0 Å². The van der Waals surface area contributed by atoms with Crippen LogP contribution in [0, 0.1) is 11.6 Å². The van der Waals surface area contributed by atoms with Crippen LogP contribution in [0.25, 0.3) is 22.6 Å². The highest BCUT2D eigenvalue weighted by atomic mass is 35.5. The molecule has 4 rings (SSSR count). The molecular weight excluding hydrogens is 484 g/mol. The van der Waals surface area contributed by atoms with Gasteiger partial charge in [-0.15, -0.1) is 0 Å². The fraction of sp³-hybridized carbons (Fsp3) is 0.125. The minimum atomic E-state index is -1.06. The minimum Gasteiger partial charge on any atom is -0.491 e. The zero-order valence-corrected chi connectivity index (χ0v) is 19.6. The number of halogens is 3. The zero-order valence-electron chi connectivity index (χ0n) is 18.0. The summed E-state index contributed by atoms with van der Waals surface area (Å²) in [5.41, 5.74) is 1.91. The molecule has 0 saturated heterocycles. The number of aromatic nitrogens is 1. The van der Waals surface area contributed by atoms with Crippen molar-refractivity contribution in [2.75, 3.05) is 5.32 Å². The van der Waals surface area contributed by atoms with Gasteiger partial charge in [0.05, 0.1) is 16.7 Å². The van der Waals surface area contributed by atoms with E-state index in [2.05, 4.69) is 15.6 Å². The molecule has 0 aliphatic rings. The second-order valence-electron chi connectivity index (χ2n) is 7.55. The molecule has 0 radical (unpaired) electrons. The van der Waals surface area contributed by atoms with Gasteiger partial charge < -0.3 is 14.5 Å². The van der Waals surface area contributed by atoms with Crippen LogP contribution in [-0.4, -0.2) is 22.1 Å². The minimum absolute atomic E-state index is 0.0310. The molecule has 0 saturated carbocycles. The molecule has 0 unspecified atom stereocenters. The van der Waals surface area contributed by atoms with Gasteiger partial charge in [-0.05, 0) is 80.7 Å². The average Bonchev–Trinajstić information content (AvgIpc) is 3.19. The van der Waals surface area contributed by atoms with Crippen molar-refractivity contribution in [2.45, 2.75) is 20.0 Å². The van der Waals surface area contributed by atoms with Crippen molar-refractivity contribution >= 4 is 51.6 Å². The molecule has 0 bridgehead atoms. The standard InChI is InChI=1S/C24H18ClF2N3O3S/c1-12(2)32-15-6-3-13(4-7-15)22(31)30-24(34)28-14-5-8-21-20(9-14)29-23(33-21)16-10-18(26)19(27)11-17(16)25/h3-12H,1-2H3,(H2,28,30,31,34). The lowest BCUT2D eigenvalue weighted by atomic mass is 10.2. The van der Waals surface area contributed by atoms with Crippen LogP contribution < -0.4 is 15.4 Å². The van der Waals surface area contributed by atoms with E-state index in [0.717, 1.165) is 12.1 Å². The highest BCUT2D eigenvalue weighted by Gasteiger charge is 2.16. The summed E-state index contributed by atoms with van der Waals surface area (Å²) < 4.78 is 38.2. The molecular formula is C24H18ClF2N3O3S. The number of nitrogens with zero attached hydrogens (tertiary/aromatic N) is 1. The van der Waals surface area contributed by atoms with E-state index in [9.17, 15) is 13.6 Å². The molecule has 0 aliphatic heterocycles. The van der Waals surface area contributed by atoms with Gasteiger partial charge in [-0.25, -0.2) is 13.8 Å². The molecule has 0 fully saturated rings. The Kier molecular flexibility index (Phi) is 6.76. The van der Waals surface area contributed by atoms with Crippen LogP contribution in [0.15, 0.2) is 59.0 Å². The number of benzene rings is 3. The maximum atomic E-state index is 13.6. The first-order chi connectivity index (χ1) is 16.2. The van der Waals surface area contributed by atoms with Gasteiger partial charge in [0, 0.05) is 11.3 Å². The van der Waals surface area contributed by atoms with Crippen molar-refractivity contribution in [1.29, 1.82) is 0 Å². The molecule has 2 N–H and O–H groups in total. The number of thiocarbonyl (C=S) groups is 1. The van der Waals surface area contributed by atoms with E-state index in [4.69, 9.17) is 33.0 Å². The SMILES string of the molecule is CC(C)Oc1ccc(C(=O)NC(=S)Nc2ccc3oc(-c4cc(F)c(F)cc4Cl)nc3c2)cc1. The van der Waals surface area contributed by atoms with E-state index in [-0.39, 0.29) is 33.6 Å². The smallest absolute Gasteiger partial charge is 0.257 e. The molecule has 34 heavy (non-hydrogen) atoms. The number of carbonyl (C=O) groups is 1. The molecule has 3 aromatic carbocycles. The van der Waals surface area contributed by atoms with E-state index in [1.165, 1.54) is 0 Å². The first-order valence-electron chi connectivity index (χ1n) is 10.1. The summed E-state index contributed by atoms with van der Waals surface area (Å²) in [6.07, 6.45) is 0.0310. The van der Waals surface area contributed by atoms with Gasteiger partial charge >= 0.3 is 0 Å². The highest BCUT2D eigenvalue weighted by Crippen LogP contribution is 2.32. The Hall–Kier alpha value is -3.56. The number of amides is 1. The fourth-order valence-corrected chi connectivity index (χ4v) is 3.54. The molecule has 1 aromatic heterocycles. The quantitative estimate of drug-likeness (QED) is 0.245. The van der Waals surface area contributed by atoms with Gasteiger partial charge in [-0.2, -0.15) is 0 Å². The summed E-state index contributed by atoms with van der Waals surface area (Å²) in [6, 6.07) is 13.4. The summed E-state index contributed by atoms with van der Waals surface area (Å²) in [5, 5.41) is 5.56. The molecule has 0 spiro atoms. The predicted molar refractivity (Wildman–Crippen MR) is 130 cm³/mol. The summed E-state index contributed by atoms with van der Waals surface area (Å²) in [5.74, 6) is -1.81. The predicted octanol–water partition coefficient (Wildman–Crippen LogP) is 6.34. The first-order valence-corrected chi connectivity index (χ1v) is 10.9. The third kappa shape index (κ3) is 5.32. The molecule has 6 nitrogen and oxygen atoms in total. The Bertz CT molecular complexity index is 1390. The molecule has 1 amide bonds. The average molecular weight is 502 g/mol. The topological polar surface area (TPSA) is 76.4 Å². The highest BCUT2D eigenvalue weighted by molar-refractivity contribution is 7.80. The van der Waals surface area contributed by atoms with Crippen LogP contribution in [0.3, 0.4) is 0 Å². The first kappa shape index (κ1) is 23.6. The third-order valence-corrected chi connectivity index (χ3v) is 5.12. The fourth-order valence-electron chi connectivity index (χ4n) is 3.10. The number of hydrogen-bond donors (Lipinski definition) is 2. The number of anilines is 1. The number of oxazole rings is 1. The van der Waals surface area contributed by atoms with Gasteiger partial charge in [0.2, 0.25) is 5.89 Å². The van der Waals surface area contributed by atoms with Crippen LogP contribution in [0.5, 0.6) is 5.75 Å². The molecule has 1 heterocycles. The Morgan fingerprint density at radius 3 is 2.50 bits per heavy atom. The van der Waals surface area contributed by atoms with Gasteiger partial charge in [-0.3, -0.25) is 10.1 Å². The van der Waals surface area contributed by atoms with Crippen LogP contribution in [0.4, 0.5) is 14.5 Å². The van der Waals surface area contributed by atoms with Gasteiger partial charge in [-0.1, -0.05) is 11.6 Å². The van der Waals surface area contributed by atoms with Gasteiger partial charge in [0.1, 0.15) is 11.3 Å². The number of carbonyl (C=O) groups excluding carboxylic acids is 1. The van der Waals surface area contributed by atoms with Crippen LogP contribution in [-0.2, 0) is 0 Å². The lowest BCUT2D eigenvalue weighted by molar-refractivity contribution is 0.0977. The summed E-state index contributed by atoms with van der Waals surface area (Å²) in [6.45, 7) is 3.83. The number of ether oxygens (including phenoxy) is 1. The maximum Gasteiger partial charge on any atom is 0.257 e. The number of hydrogen-bond acceptors (Lipinski definition) is 5. The maximum absolute atomic E-state index is 13.6. The van der Waals surface area contributed by atoms with Gasteiger partial charge in [0.15, 0.2) is 22.3 Å². The van der Waals surface area contributed by atoms with E-state index >= 15 is 0 Å². The molecule has 0 atom stereocenters. The molecule has 0 aliphatic carbocycles. The summed E-state index contributed by atoms with van der Waals surface area (Å²) in [4.78, 5) is 16.8. The lowest BCUT2D eigenvalue weighted by Gasteiger charge is -2.11. The second kappa shape index (κ2) is 9.74. The van der Waals surface area contributed by atoms with Gasteiger partial charge in [0.25, 0.3) is 5.91 Å². The number of nitrogens with one attached hydrogen (secondary N) is 2. The van der Waals surface area contributed by atoms with Crippen LogP contribution in [0.1, 0.15) is 24.2 Å². The van der Waals surface area contributed by atoms with Crippen molar-refractivity contribution in [1.82, 2.24) is 10.3 Å².